The molecule has 0 fully saturated rings. The maximum atomic E-state index is 11.3. The topological polar surface area (TPSA) is 47.2 Å². The first-order chi connectivity index (χ1) is 9.65. The van der Waals surface area contributed by atoms with Crippen LogP contribution in [0.1, 0.15) is 5.56 Å². The number of anilines is 1. The van der Waals surface area contributed by atoms with Crippen molar-refractivity contribution in [3.05, 3.63) is 63.7 Å². The number of rotatable bonds is 3. The van der Waals surface area contributed by atoms with Gasteiger partial charge in [0.05, 0.1) is 5.69 Å². The van der Waals surface area contributed by atoms with Crippen LogP contribution in [0.3, 0.4) is 0 Å². The van der Waals surface area contributed by atoms with E-state index >= 15 is 0 Å². The zero-order chi connectivity index (χ0) is 14.1. The van der Waals surface area contributed by atoms with Crippen molar-refractivity contribution in [3.8, 4) is 0 Å². The number of pyridine rings is 1. The molecular weight excluding hydrogens is 276 g/mol. The highest BCUT2D eigenvalue weighted by molar-refractivity contribution is 6.30. The van der Waals surface area contributed by atoms with Gasteiger partial charge in [-0.3, -0.25) is 4.79 Å². The van der Waals surface area contributed by atoms with Gasteiger partial charge in [0.2, 0.25) is 5.56 Å². The summed E-state index contributed by atoms with van der Waals surface area (Å²) in [4.78, 5) is 11.3. The summed E-state index contributed by atoms with van der Waals surface area (Å²) in [5.74, 6) is 0. The van der Waals surface area contributed by atoms with E-state index in [1.165, 1.54) is 10.6 Å². The Labute approximate surface area is 120 Å². The fourth-order valence-corrected chi connectivity index (χ4v) is 2.37. The van der Waals surface area contributed by atoms with Gasteiger partial charge in [0.15, 0.2) is 5.22 Å². The van der Waals surface area contributed by atoms with Crippen molar-refractivity contribution in [3.63, 3.8) is 0 Å². The number of hydrogen-bond donors (Lipinski definition) is 1. The molecule has 0 aliphatic heterocycles. The molecule has 1 aromatic carbocycles. The van der Waals surface area contributed by atoms with Crippen LogP contribution in [-0.4, -0.2) is 4.57 Å². The number of nitrogens with one attached hydrogen (secondary N) is 1. The first-order valence-corrected chi connectivity index (χ1v) is 6.59. The Morgan fingerprint density at radius 3 is 2.85 bits per heavy atom. The van der Waals surface area contributed by atoms with Gasteiger partial charge >= 0.3 is 0 Å². The number of para-hydroxylation sites is 1. The van der Waals surface area contributed by atoms with Crippen molar-refractivity contribution >= 4 is 28.3 Å². The van der Waals surface area contributed by atoms with E-state index in [0.717, 1.165) is 22.2 Å². The highest BCUT2D eigenvalue weighted by Gasteiger charge is 2.11. The maximum absolute atomic E-state index is 11.3. The Bertz CT molecular complexity index is 820. The average molecular weight is 289 g/mol. The van der Waals surface area contributed by atoms with Crippen LogP contribution in [0, 0.1) is 0 Å². The fourth-order valence-electron chi connectivity index (χ4n) is 2.12. The van der Waals surface area contributed by atoms with Crippen LogP contribution in [0.15, 0.2) is 51.8 Å². The van der Waals surface area contributed by atoms with Gasteiger partial charge in [-0.2, -0.15) is 0 Å². The summed E-state index contributed by atoms with van der Waals surface area (Å²) in [7, 11) is 1.72. The van der Waals surface area contributed by atoms with E-state index in [1.54, 1.807) is 19.3 Å². The second kappa shape index (κ2) is 5.06. The number of nitrogens with zero attached hydrogens (tertiary/aromatic N) is 1. The number of benzene rings is 1. The van der Waals surface area contributed by atoms with Gasteiger partial charge in [-0.05, 0) is 23.7 Å². The molecule has 2 aromatic heterocycles. The van der Waals surface area contributed by atoms with Crippen LogP contribution < -0.4 is 10.9 Å². The normalized spacial score (nSPS) is 10.9. The molecule has 0 radical (unpaired) electrons. The Balaban J connectivity index is 1.88. The zero-order valence-electron chi connectivity index (χ0n) is 10.9. The molecule has 0 bridgehead atoms. The van der Waals surface area contributed by atoms with Crippen LogP contribution in [-0.2, 0) is 13.6 Å². The van der Waals surface area contributed by atoms with Crippen LogP contribution in [0.5, 0.6) is 0 Å². The monoisotopic (exact) mass is 288 g/mol. The van der Waals surface area contributed by atoms with Gasteiger partial charge in [0, 0.05) is 36.8 Å². The Kier molecular flexibility index (Phi) is 3.24. The summed E-state index contributed by atoms with van der Waals surface area (Å²) < 4.78 is 7.03. The number of halogens is 1. The van der Waals surface area contributed by atoms with E-state index in [4.69, 9.17) is 16.0 Å². The SMILES string of the molecule is Cn1cc(NCc2c(Cl)oc3ccccc23)ccc1=O. The number of furan rings is 1. The molecule has 4 nitrogen and oxygen atoms in total. The summed E-state index contributed by atoms with van der Waals surface area (Å²) in [6.45, 7) is 0.536. The van der Waals surface area contributed by atoms with Crippen LogP contribution in [0.4, 0.5) is 5.69 Å². The maximum Gasteiger partial charge on any atom is 0.250 e. The molecular formula is C15H13ClN2O2. The number of fused-ring (bicyclic) bond motifs is 1. The second-order valence-corrected chi connectivity index (χ2v) is 4.91. The van der Waals surface area contributed by atoms with Crippen LogP contribution in [0.2, 0.25) is 5.22 Å². The lowest BCUT2D eigenvalue weighted by molar-refractivity contribution is 0.613. The summed E-state index contributed by atoms with van der Waals surface area (Å²) >= 11 is 6.13. The van der Waals surface area contributed by atoms with E-state index in [9.17, 15) is 4.79 Å². The van der Waals surface area contributed by atoms with E-state index in [1.807, 2.05) is 24.3 Å². The first-order valence-electron chi connectivity index (χ1n) is 6.21. The lowest BCUT2D eigenvalue weighted by Gasteiger charge is -2.07. The molecule has 3 rings (SSSR count). The van der Waals surface area contributed by atoms with Crippen LogP contribution >= 0.6 is 11.6 Å². The average Bonchev–Trinajstić information content (AvgIpc) is 2.76. The lowest BCUT2D eigenvalue weighted by Crippen LogP contribution is -2.15. The van der Waals surface area contributed by atoms with Crippen molar-refractivity contribution in [2.75, 3.05) is 5.32 Å². The predicted octanol–water partition coefficient (Wildman–Crippen LogP) is 3.40. The molecule has 0 saturated carbocycles. The van der Waals surface area contributed by atoms with Crippen molar-refractivity contribution < 1.29 is 4.42 Å². The molecule has 102 valence electrons. The Hall–Kier alpha value is -2.20. The third-order valence-electron chi connectivity index (χ3n) is 3.20. The molecule has 3 aromatic rings. The number of aromatic nitrogens is 1. The minimum atomic E-state index is -0.0395. The largest absolute Gasteiger partial charge is 0.444 e. The molecule has 1 N–H and O–H groups in total. The summed E-state index contributed by atoms with van der Waals surface area (Å²) in [6, 6.07) is 11.0. The first kappa shape index (κ1) is 12.8. The molecule has 0 aliphatic rings. The van der Waals surface area contributed by atoms with E-state index < -0.39 is 0 Å². The molecule has 0 amide bonds. The van der Waals surface area contributed by atoms with Gasteiger partial charge in [-0.1, -0.05) is 18.2 Å². The molecule has 5 heteroatoms. The molecule has 0 spiro atoms. The smallest absolute Gasteiger partial charge is 0.250 e. The van der Waals surface area contributed by atoms with Gasteiger partial charge in [-0.15, -0.1) is 0 Å². The Morgan fingerprint density at radius 1 is 1.25 bits per heavy atom. The van der Waals surface area contributed by atoms with E-state index in [0.29, 0.717) is 11.8 Å². The third-order valence-corrected chi connectivity index (χ3v) is 3.51. The number of aryl methyl sites for hydroxylation is 1. The molecule has 0 saturated heterocycles. The molecule has 20 heavy (non-hydrogen) atoms. The molecule has 0 unspecified atom stereocenters. The van der Waals surface area contributed by atoms with Gasteiger partial charge in [-0.25, -0.2) is 0 Å². The summed E-state index contributed by atoms with van der Waals surface area (Å²) in [6.07, 6.45) is 1.75. The second-order valence-electron chi connectivity index (χ2n) is 4.57. The van der Waals surface area contributed by atoms with Gasteiger partial charge in [0.1, 0.15) is 5.58 Å². The van der Waals surface area contributed by atoms with Gasteiger partial charge in [0.25, 0.3) is 0 Å². The van der Waals surface area contributed by atoms with Crippen molar-refractivity contribution in [2.45, 2.75) is 6.54 Å². The van der Waals surface area contributed by atoms with E-state index in [2.05, 4.69) is 5.32 Å². The quantitative estimate of drug-likeness (QED) is 0.803. The molecule has 2 heterocycles. The Morgan fingerprint density at radius 2 is 2.05 bits per heavy atom. The minimum Gasteiger partial charge on any atom is -0.444 e. The molecule has 0 aliphatic carbocycles. The van der Waals surface area contributed by atoms with Crippen molar-refractivity contribution in [2.24, 2.45) is 7.05 Å². The lowest BCUT2D eigenvalue weighted by atomic mass is 10.2. The van der Waals surface area contributed by atoms with E-state index in [-0.39, 0.29) is 5.56 Å². The third kappa shape index (κ3) is 2.30. The summed E-state index contributed by atoms with van der Waals surface area (Å²) in [5, 5.41) is 4.63. The standard InChI is InChI=1S/C15H13ClN2O2/c1-18-9-10(6-7-14(18)19)17-8-12-11-4-2-3-5-13(11)20-15(12)16/h2-7,9,17H,8H2,1H3. The highest BCUT2D eigenvalue weighted by atomic mass is 35.5. The van der Waals surface area contributed by atoms with Crippen molar-refractivity contribution in [1.82, 2.24) is 4.57 Å². The zero-order valence-corrected chi connectivity index (χ0v) is 11.6. The van der Waals surface area contributed by atoms with Crippen molar-refractivity contribution in [1.29, 1.82) is 0 Å². The minimum absolute atomic E-state index is 0.0395. The fraction of sp³-hybridized carbons (Fsp3) is 0.133. The summed E-state index contributed by atoms with van der Waals surface area (Å²) in [5.41, 5.74) is 2.50. The van der Waals surface area contributed by atoms with Crippen LogP contribution in [0.25, 0.3) is 11.0 Å². The number of hydrogen-bond acceptors (Lipinski definition) is 3. The van der Waals surface area contributed by atoms with Gasteiger partial charge < -0.3 is 14.3 Å². The highest BCUT2D eigenvalue weighted by Crippen LogP contribution is 2.29. The molecule has 0 atom stereocenters. The predicted molar refractivity (Wildman–Crippen MR) is 80.2 cm³/mol.